The van der Waals surface area contributed by atoms with Gasteiger partial charge in [0.15, 0.2) is 0 Å². The molecule has 2 aliphatic rings. The van der Waals surface area contributed by atoms with Gasteiger partial charge in [0.1, 0.15) is 16.9 Å². The SMILES string of the molecule is CC(=Cc1csc(CCl)n1)C1CC2OC2CCCC(C)C(O)C(C)C(=O)C(C)(C)C(O)CC(=O)O1. The first-order valence-corrected chi connectivity index (χ1v) is 13.8. The van der Waals surface area contributed by atoms with E-state index in [2.05, 4.69) is 4.98 Å². The number of carbonyl (C=O) groups is 2. The molecule has 7 nitrogen and oxygen atoms in total. The number of aliphatic hydroxyl groups is 2. The molecule has 3 heterocycles. The van der Waals surface area contributed by atoms with Crippen molar-refractivity contribution < 1.29 is 29.3 Å². The fourth-order valence-corrected chi connectivity index (χ4v) is 5.64. The van der Waals surface area contributed by atoms with Crippen LogP contribution in [-0.2, 0) is 24.9 Å². The zero-order chi connectivity index (χ0) is 25.9. The third kappa shape index (κ3) is 7.13. The number of rotatable bonds is 3. The Morgan fingerprint density at radius 3 is 2.63 bits per heavy atom. The Morgan fingerprint density at radius 2 is 1.97 bits per heavy atom. The number of carbonyl (C=O) groups excluding carboxylic acids is 2. The number of hydrogen-bond donors (Lipinski definition) is 2. The Morgan fingerprint density at radius 1 is 1.26 bits per heavy atom. The molecule has 196 valence electrons. The maximum Gasteiger partial charge on any atom is 0.309 e. The fourth-order valence-electron chi connectivity index (χ4n) is 4.79. The lowest BCUT2D eigenvalue weighted by molar-refractivity contribution is -0.154. The molecular weight excluding hydrogens is 490 g/mol. The number of aliphatic hydroxyl groups excluding tert-OH is 2. The Bertz CT molecular complexity index is 931. The molecule has 3 rings (SSSR count). The van der Waals surface area contributed by atoms with Gasteiger partial charge in [-0.05, 0) is 37.3 Å². The summed E-state index contributed by atoms with van der Waals surface area (Å²) in [6, 6.07) is 0. The number of esters is 1. The Hall–Kier alpha value is -1.32. The van der Waals surface area contributed by atoms with E-state index in [4.69, 9.17) is 21.1 Å². The van der Waals surface area contributed by atoms with E-state index >= 15 is 0 Å². The van der Waals surface area contributed by atoms with E-state index in [1.807, 2.05) is 25.3 Å². The topological polar surface area (TPSA) is 109 Å². The van der Waals surface area contributed by atoms with E-state index in [1.165, 1.54) is 11.3 Å². The summed E-state index contributed by atoms with van der Waals surface area (Å²) in [7, 11) is 0. The minimum Gasteiger partial charge on any atom is -0.458 e. The lowest BCUT2D eigenvalue weighted by atomic mass is 9.73. The van der Waals surface area contributed by atoms with E-state index in [-0.39, 0.29) is 30.3 Å². The van der Waals surface area contributed by atoms with Crippen molar-refractivity contribution in [2.24, 2.45) is 17.3 Å². The molecule has 0 amide bonds. The molecule has 0 bridgehead atoms. The predicted octanol–water partition coefficient (Wildman–Crippen LogP) is 4.52. The molecule has 2 aliphatic heterocycles. The van der Waals surface area contributed by atoms with Crippen molar-refractivity contribution in [3.8, 4) is 0 Å². The van der Waals surface area contributed by atoms with Crippen LogP contribution >= 0.6 is 22.9 Å². The number of alkyl halides is 1. The molecule has 35 heavy (non-hydrogen) atoms. The first-order chi connectivity index (χ1) is 16.4. The van der Waals surface area contributed by atoms with Gasteiger partial charge < -0.3 is 19.7 Å². The molecule has 7 unspecified atom stereocenters. The second-order valence-electron chi connectivity index (χ2n) is 10.6. The molecule has 2 N–H and O–H groups in total. The van der Waals surface area contributed by atoms with Crippen molar-refractivity contribution in [3.05, 3.63) is 21.7 Å². The van der Waals surface area contributed by atoms with Crippen LogP contribution in [0.15, 0.2) is 11.0 Å². The van der Waals surface area contributed by atoms with Gasteiger partial charge in [0.2, 0.25) is 0 Å². The summed E-state index contributed by atoms with van der Waals surface area (Å²) in [5.74, 6) is -1.22. The van der Waals surface area contributed by atoms with Crippen molar-refractivity contribution in [2.75, 3.05) is 0 Å². The van der Waals surface area contributed by atoms with Crippen molar-refractivity contribution in [3.63, 3.8) is 0 Å². The largest absolute Gasteiger partial charge is 0.458 e. The number of fused-ring (bicyclic) bond motifs is 1. The first kappa shape index (κ1) is 28.3. The first-order valence-electron chi connectivity index (χ1n) is 12.4. The monoisotopic (exact) mass is 527 g/mol. The van der Waals surface area contributed by atoms with E-state index in [9.17, 15) is 19.8 Å². The molecule has 0 aliphatic carbocycles. The summed E-state index contributed by atoms with van der Waals surface area (Å²) < 4.78 is 11.7. The second kappa shape index (κ2) is 11.8. The van der Waals surface area contributed by atoms with Gasteiger partial charge in [0.05, 0.1) is 47.8 Å². The molecule has 9 heteroatoms. The summed E-state index contributed by atoms with van der Waals surface area (Å²) in [6.07, 6.45) is 2.07. The standard InChI is InChI=1S/C26H38ClNO6S/c1-14-7-6-8-18-20(33-18)10-19(15(2)9-17-13-35-22(12-27)28-17)34-23(30)11-21(29)26(4,5)25(32)16(3)24(14)31/h9,13-14,16,18-21,24,29,31H,6-8,10-12H2,1-5H3. The quantitative estimate of drug-likeness (QED) is 0.338. The molecule has 1 aromatic heterocycles. The van der Waals surface area contributed by atoms with Crippen molar-refractivity contribution >= 4 is 40.8 Å². The van der Waals surface area contributed by atoms with Gasteiger partial charge in [-0.25, -0.2) is 4.98 Å². The van der Waals surface area contributed by atoms with Gasteiger partial charge in [-0.1, -0.05) is 34.1 Å². The molecular formula is C26H38ClNO6S. The number of epoxide rings is 1. The van der Waals surface area contributed by atoms with Crippen molar-refractivity contribution in [2.45, 2.75) is 103 Å². The molecule has 2 saturated heterocycles. The van der Waals surface area contributed by atoms with Crippen LogP contribution < -0.4 is 0 Å². The van der Waals surface area contributed by atoms with E-state index in [0.717, 1.165) is 35.5 Å². The van der Waals surface area contributed by atoms with Crippen LogP contribution in [-0.4, -0.2) is 57.5 Å². The molecule has 0 spiro atoms. The number of nitrogens with zero attached hydrogens (tertiary/aromatic N) is 1. The fraction of sp³-hybridized carbons (Fsp3) is 0.731. The minimum atomic E-state index is -1.24. The highest BCUT2D eigenvalue weighted by Crippen LogP contribution is 2.36. The van der Waals surface area contributed by atoms with Crippen molar-refractivity contribution in [1.29, 1.82) is 0 Å². The van der Waals surface area contributed by atoms with E-state index < -0.39 is 35.6 Å². The maximum atomic E-state index is 13.2. The summed E-state index contributed by atoms with van der Waals surface area (Å²) in [5, 5.41) is 24.3. The Balaban J connectivity index is 1.81. The lowest BCUT2D eigenvalue weighted by Gasteiger charge is -2.34. The number of ether oxygens (including phenoxy) is 2. The zero-order valence-electron chi connectivity index (χ0n) is 21.2. The molecule has 1 aromatic rings. The average molecular weight is 528 g/mol. The Kier molecular flexibility index (Phi) is 9.54. The normalized spacial score (nSPS) is 35.3. The van der Waals surface area contributed by atoms with Crippen LogP contribution in [0.1, 0.15) is 77.4 Å². The lowest BCUT2D eigenvalue weighted by Crippen LogP contribution is -2.45. The van der Waals surface area contributed by atoms with Crippen LogP contribution in [0.3, 0.4) is 0 Å². The third-order valence-electron chi connectivity index (χ3n) is 7.46. The van der Waals surface area contributed by atoms with Crippen LogP contribution in [0.25, 0.3) is 6.08 Å². The number of cyclic esters (lactones) is 1. The van der Waals surface area contributed by atoms with Crippen LogP contribution in [0.4, 0.5) is 0 Å². The molecule has 0 saturated carbocycles. The van der Waals surface area contributed by atoms with Gasteiger partial charge in [0.25, 0.3) is 0 Å². The molecule has 0 aromatic carbocycles. The number of aromatic nitrogens is 1. The number of ketones is 1. The highest BCUT2D eigenvalue weighted by molar-refractivity contribution is 7.09. The number of hydrogen-bond acceptors (Lipinski definition) is 8. The molecule has 7 atom stereocenters. The highest BCUT2D eigenvalue weighted by Gasteiger charge is 2.44. The third-order valence-corrected chi connectivity index (χ3v) is 8.74. The zero-order valence-corrected chi connectivity index (χ0v) is 22.8. The van der Waals surface area contributed by atoms with Gasteiger partial charge in [-0.2, -0.15) is 0 Å². The highest BCUT2D eigenvalue weighted by atomic mass is 35.5. The average Bonchev–Trinajstić information content (AvgIpc) is 3.38. The van der Waals surface area contributed by atoms with Crippen LogP contribution in [0, 0.1) is 17.3 Å². The van der Waals surface area contributed by atoms with Gasteiger partial charge in [-0.15, -0.1) is 22.9 Å². The maximum absolute atomic E-state index is 13.2. The smallest absolute Gasteiger partial charge is 0.309 e. The van der Waals surface area contributed by atoms with Crippen molar-refractivity contribution in [1.82, 2.24) is 4.98 Å². The molecule has 2 fully saturated rings. The summed E-state index contributed by atoms with van der Waals surface area (Å²) in [5.41, 5.74) is 0.378. The van der Waals surface area contributed by atoms with Gasteiger partial charge in [0, 0.05) is 17.7 Å². The second-order valence-corrected chi connectivity index (χ2v) is 11.8. The van der Waals surface area contributed by atoms with Crippen LogP contribution in [0.5, 0.6) is 0 Å². The number of thiazole rings is 1. The predicted molar refractivity (Wildman–Crippen MR) is 136 cm³/mol. The minimum absolute atomic E-state index is 0.0139. The van der Waals surface area contributed by atoms with Gasteiger partial charge in [-0.3, -0.25) is 9.59 Å². The Labute approximate surface area is 216 Å². The summed E-state index contributed by atoms with van der Waals surface area (Å²) in [6.45, 7) is 8.76. The summed E-state index contributed by atoms with van der Waals surface area (Å²) in [4.78, 5) is 30.5. The number of Topliss-reactive ketones (excluding diaryl/α,β-unsaturated/α-hetero) is 1. The van der Waals surface area contributed by atoms with E-state index in [0.29, 0.717) is 12.3 Å². The number of halogens is 1. The van der Waals surface area contributed by atoms with E-state index in [1.54, 1.807) is 20.8 Å². The van der Waals surface area contributed by atoms with Crippen LogP contribution in [0.2, 0.25) is 0 Å². The molecule has 0 radical (unpaired) electrons. The summed E-state index contributed by atoms with van der Waals surface area (Å²) >= 11 is 7.34. The van der Waals surface area contributed by atoms with Gasteiger partial charge >= 0.3 is 5.97 Å².